The van der Waals surface area contributed by atoms with Crippen LogP contribution in [0.1, 0.15) is 65.2 Å². The summed E-state index contributed by atoms with van der Waals surface area (Å²) in [5.74, 6) is 1.00. The summed E-state index contributed by atoms with van der Waals surface area (Å²) in [6.45, 7) is 8.45. The van der Waals surface area contributed by atoms with E-state index in [1.807, 2.05) is 0 Å². The maximum atomic E-state index is 3.80. The Labute approximate surface area is 114 Å². The van der Waals surface area contributed by atoms with Gasteiger partial charge in [-0.2, -0.15) is 0 Å². The predicted octanol–water partition coefficient (Wildman–Crippen LogP) is 3.42. The van der Waals surface area contributed by atoms with Crippen LogP contribution in [-0.4, -0.2) is 36.6 Å². The lowest BCUT2D eigenvalue weighted by Gasteiger charge is -2.36. The van der Waals surface area contributed by atoms with Crippen molar-refractivity contribution in [2.75, 3.05) is 19.6 Å². The van der Waals surface area contributed by atoms with Crippen molar-refractivity contribution in [3.8, 4) is 0 Å². The Hall–Kier alpha value is -0.0800. The topological polar surface area (TPSA) is 15.3 Å². The molecular formula is C16H32N2. The van der Waals surface area contributed by atoms with Gasteiger partial charge < -0.3 is 5.32 Å². The summed E-state index contributed by atoms with van der Waals surface area (Å²) in [5.41, 5.74) is 0. The van der Waals surface area contributed by atoms with Crippen molar-refractivity contribution in [3.05, 3.63) is 0 Å². The lowest BCUT2D eigenvalue weighted by atomic mass is 9.85. The van der Waals surface area contributed by atoms with Gasteiger partial charge in [0.1, 0.15) is 0 Å². The molecule has 1 N–H and O–H groups in total. The van der Waals surface area contributed by atoms with Crippen LogP contribution in [0.25, 0.3) is 0 Å². The molecule has 0 spiro atoms. The second kappa shape index (κ2) is 7.49. The smallest absolute Gasteiger partial charge is 0.0192 e. The molecule has 0 saturated heterocycles. The van der Waals surface area contributed by atoms with E-state index in [0.717, 1.165) is 12.0 Å². The van der Waals surface area contributed by atoms with E-state index >= 15 is 0 Å². The molecule has 0 heterocycles. The van der Waals surface area contributed by atoms with E-state index in [0.29, 0.717) is 6.04 Å². The van der Waals surface area contributed by atoms with E-state index in [4.69, 9.17) is 0 Å². The Bertz CT molecular complexity index is 219. The Kier molecular flexibility index (Phi) is 5.97. The van der Waals surface area contributed by atoms with Crippen molar-refractivity contribution in [1.29, 1.82) is 0 Å². The van der Waals surface area contributed by atoms with Crippen LogP contribution in [0.3, 0.4) is 0 Å². The van der Waals surface area contributed by atoms with Crippen LogP contribution in [-0.2, 0) is 0 Å². The molecule has 2 fully saturated rings. The third-order valence-corrected chi connectivity index (χ3v) is 5.05. The number of hydrogen-bond acceptors (Lipinski definition) is 2. The molecule has 2 rings (SSSR count). The van der Waals surface area contributed by atoms with E-state index in [1.165, 1.54) is 71.0 Å². The van der Waals surface area contributed by atoms with Crippen LogP contribution in [0.4, 0.5) is 0 Å². The second-order valence-electron chi connectivity index (χ2n) is 6.48. The molecular weight excluding hydrogens is 220 g/mol. The van der Waals surface area contributed by atoms with Gasteiger partial charge in [-0.15, -0.1) is 0 Å². The molecule has 0 aliphatic heterocycles. The molecule has 0 aromatic carbocycles. The van der Waals surface area contributed by atoms with Gasteiger partial charge in [-0.1, -0.05) is 32.6 Å². The van der Waals surface area contributed by atoms with Gasteiger partial charge in [-0.25, -0.2) is 0 Å². The number of nitrogens with one attached hydrogen (secondary N) is 1. The zero-order valence-electron chi connectivity index (χ0n) is 12.5. The van der Waals surface area contributed by atoms with Crippen LogP contribution in [0.5, 0.6) is 0 Å². The van der Waals surface area contributed by atoms with Gasteiger partial charge >= 0.3 is 0 Å². The van der Waals surface area contributed by atoms with Gasteiger partial charge in [0.05, 0.1) is 0 Å². The summed E-state index contributed by atoms with van der Waals surface area (Å²) in [5, 5.41) is 3.80. The summed E-state index contributed by atoms with van der Waals surface area (Å²) in [7, 11) is 0. The fourth-order valence-electron chi connectivity index (χ4n) is 3.40. The fraction of sp³-hybridized carbons (Fsp3) is 1.00. The van der Waals surface area contributed by atoms with Crippen molar-refractivity contribution in [1.82, 2.24) is 10.2 Å². The molecule has 2 saturated carbocycles. The maximum Gasteiger partial charge on any atom is 0.0192 e. The van der Waals surface area contributed by atoms with E-state index in [1.54, 1.807) is 0 Å². The molecule has 2 aliphatic carbocycles. The van der Waals surface area contributed by atoms with Gasteiger partial charge in [0.2, 0.25) is 0 Å². The monoisotopic (exact) mass is 252 g/mol. The van der Waals surface area contributed by atoms with Crippen LogP contribution < -0.4 is 5.32 Å². The molecule has 0 aromatic rings. The highest BCUT2D eigenvalue weighted by Crippen LogP contribution is 2.27. The molecule has 1 unspecified atom stereocenters. The largest absolute Gasteiger partial charge is 0.312 e. The van der Waals surface area contributed by atoms with E-state index in [-0.39, 0.29) is 0 Å². The molecule has 1 atom stereocenters. The number of rotatable bonds is 7. The van der Waals surface area contributed by atoms with Crippen LogP contribution in [0, 0.1) is 5.92 Å². The van der Waals surface area contributed by atoms with Gasteiger partial charge in [-0.05, 0) is 45.1 Å². The van der Waals surface area contributed by atoms with Gasteiger partial charge in [-0.3, -0.25) is 4.90 Å². The molecule has 18 heavy (non-hydrogen) atoms. The highest BCUT2D eigenvalue weighted by Gasteiger charge is 2.23. The fourth-order valence-corrected chi connectivity index (χ4v) is 3.40. The van der Waals surface area contributed by atoms with Crippen LogP contribution in [0.2, 0.25) is 0 Å². The van der Waals surface area contributed by atoms with Crippen LogP contribution in [0.15, 0.2) is 0 Å². The Balaban J connectivity index is 1.65. The minimum absolute atomic E-state index is 0.706. The molecule has 2 nitrogen and oxygen atoms in total. The highest BCUT2D eigenvalue weighted by molar-refractivity contribution is 4.79. The van der Waals surface area contributed by atoms with Crippen molar-refractivity contribution in [2.45, 2.75) is 77.3 Å². The van der Waals surface area contributed by atoms with E-state index in [2.05, 4.69) is 24.1 Å². The minimum Gasteiger partial charge on any atom is -0.312 e. The van der Waals surface area contributed by atoms with Gasteiger partial charge in [0, 0.05) is 25.2 Å². The first-order valence-electron chi connectivity index (χ1n) is 8.27. The quantitative estimate of drug-likeness (QED) is 0.747. The van der Waals surface area contributed by atoms with Gasteiger partial charge in [0.25, 0.3) is 0 Å². The molecule has 0 radical (unpaired) electrons. The van der Waals surface area contributed by atoms with E-state index < -0.39 is 0 Å². The first kappa shape index (κ1) is 14.3. The summed E-state index contributed by atoms with van der Waals surface area (Å²) in [6, 6.07) is 1.51. The molecule has 2 heteroatoms. The normalized spacial score (nSPS) is 24.2. The summed E-state index contributed by atoms with van der Waals surface area (Å²) >= 11 is 0. The van der Waals surface area contributed by atoms with Crippen molar-refractivity contribution in [3.63, 3.8) is 0 Å². The highest BCUT2D eigenvalue weighted by atomic mass is 15.2. The molecule has 0 aromatic heterocycles. The average molecular weight is 252 g/mol. The SMILES string of the molecule is CCN(CC1CCC1)C(C)CNC1CCCCC1. The minimum atomic E-state index is 0.706. The predicted molar refractivity (Wildman–Crippen MR) is 78.9 cm³/mol. The first-order chi connectivity index (χ1) is 8.79. The third kappa shape index (κ3) is 4.24. The molecule has 106 valence electrons. The standard InChI is InChI=1S/C16H32N2/c1-3-18(13-15-8-7-9-15)14(2)12-17-16-10-5-4-6-11-16/h14-17H,3-13H2,1-2H3. The first-order valence-corrected chi connectivity index (χ1v) is 8.27. The molecule has 0 bridgehead atoms. The Morgan fingerprint density at radius 3 is 2.33 bits per heavy atom. The Morgan fingerprint density at radius 2 is 1.78 bits per heavy atom. The maximum absolute atomic E-state index is 3.80. The average Bonchev–Trinajstić information content (AvgIpc) is 2.36. The number of hydrogen-bond donors (Lipinski definition) is 1. The third-order valence-electron chi connectivity index (χ3n) is 5.05. The Morgan fingerprint density at radius 1 is 1.06 bits per heavy atom. The lowest BCUT2D eigenvalue weighted by Crippen LogP contribution is -2.46. The zero-order chi connectivity index (χ0) is 12.8. The number of likely N-dealkylation sites (N-methyl/N-ethyl adjacent to an activating group) is 1. The second-order valence-corrected chi connectivity index (χ2v) is 6.48. The van der Waals surface area contributed by atoms with Crippen molar-refractivity contribution >= 4 is 0 Å². The van der Waals surface area contributed by atoms with Crippen molar-refractivity contribution in [2.24, 2.45) is 5.92 Å². The molecule has 0 amide bonds. The van der Waals surface area contributed by atoms with E-state index in [9.17, 15) is 0 Å². The van der Waals surface area contributed by atoms with Gasteiger partial charge in [0.15, 0.2) is 0 Å². The zero-order valence-corrected chi connectivity index (χ0v) is 12.5. The van der Waals surface area contributed by atoms with Crippen LogP contribution >= 0.6 is 0 Å². The van der Waals surface area contributed by atoms with Crippen molar-refractivity contribution < 1.29 is 0 Å². The summed E-state index contributed by atoms with van der Waals surface area (Å²) in [4.78, 5) is 2.68. The molecule has 2 aliphatic rings. The summed E-state index contributed by atoms with van der Waals surface area (Å²) < 4.78 is 0. The lowest BCUT2D eigenvalue weighted by molar-refractivity contribution is 0.141. The summed E-state index contributed by atoms with van der Waals surface area (Å²) in [6.07, 6.45) is 11.5. The number of nitrogens with zero attached hydrogens (tertiary/aromatic N) is 1.